The Labute approximate surface area is 165 Å². The molecule has 2 aliphatic rings. The van der Waals surface area contributed by atoms with Gasteiger partial charge in [-0.05, 0) is 12.0 Å². The summed E-state index contributed by atoms with van der Waals surface area (Å²) in [5, 5.41) is 0. The van der Waals surface area contributed by atoms with Crippen molar-refractivity contribution in [1.82, 2.24) is 24.7 Å². The molecule has 154 valence electrons. The van der Waals surface area contributed by atoms with Gasteiger partial charge >= 0.3 is 0 Å². The summed E-state index contributed by atoms with van der Waals surface area (Å²) in [6.45, 7) is 4.06. The van der Waals surface area contributed by atoms with Crippen molar-refractivity contribution in [3.8, 4) is 0 Å². The Balaban J connectivity index is 1.59. The van der Waals surface area contributed by atoms with Crippen molar-refractivity contribution in [3.63, 3.8) is 0 Å². The van der Waals surface area contributed by atoms with Crippen LogP contribution in [0.3, 0.4) is 0 Å². The monoisotopic (exact) mass is 391 g/mol. The first kappa shape index (κ1) is 20.6. The van der Waals surface area contributed by atoms with Crippen LogP contribution in [0.5, 0.6) is 0 Å². The molecule has 1 aromatic heterocycles. The standard InChI is InChI=1S/C19H29N5O4/c1-22(2)18(26)11-23-5-7-27-14-19(12-23)13-24(6-8-28-19)17(25)4-3-16-9-20-15-21-10-16/h9-10,15H,3-8,11-14H2,1-2H3. The third kappa shape index (κ3) is 5.46. The Bertz CT molecular complexity index is 672. The fourth-order valence-corrected chi connectivity index (χ4v) is 3.56. The maximum Gasteiger partial charge on any atom is 0.236 e. The van der Waals surface area contributed by atoms with Gasteiger partial charge in [0.1, 0.15) is 11.9 Å². The van der Waals surface area contributed by atoms with Gasteiger partial charge in [-0.1, -0.05) is 0 Å². The molecular weight excluding hydrogens is 362 g/mol. The van der Waals surface area contributed by atoms with E-state index < -0.39 is 5.60 Å². The van der Waals surface area contributed by atoms with Crippen LogP contribution in [-0.4, -0.2) is 109 Å². The average molecular weight is 391 g/mol. The van der Waals surface area contributed by atoms with Crippen LogP contribution in [-0.2, 0) is 25.5 Å². The van der Waals surface area contributed by atoms with E-state index in [1.54, 1.807) is 31.4 Å². The van der Waals surface area contributed by atoms with Crippen molar-refractivity contribution in [2.75, 3.05) is 66.6 Å². The van der Waals surface area contributed by atoms with E-state index in [0.29, 0.717) is 65.4 Å². The van der Waals surface area contributed by atoms with Crippen LogP contribution < -0.4 is 0 Å². The molecule has 2 saturated heterocycles. The van der Waals surface area contributed by atoms with E-state index in [2.05, 4.69) is 14.9 Å². The van der Waals surface area contributed by atoms with Crippen molar-refractivity contribution in [2.24, 2.45) is 0 Å². The predicted octanol–water partition coefficient (Wildman–Crippen LogP) is -0.573. The molecular formula is C19H29N5O4. The number of aryl methyl sites for hydroxylation is 1. The van der Waals surface area contributed by atoms with E-state index >= 15 is 0 Å². The Morgan fingerprint density at radius 1 is 1.18 bits per heavy atom. The molecule has 0 saturated carbocycles. The number of carbonyl (C=O) groups is 2. The molecule has 1 aromatic rings. The summed E-state index contributed by atoms with van der Waals surface area (Å²) in [5.74, 6) is 0.137. The maximum atomic E-state index is 12.7. The van der Waals surface area contributed by atoms with Crippen LogP contribution >= 0.6 is 0 Å². The van der Waals surface area contributed by atoms with E-state index in [1.807, 2.05) is 4.90 Å². The number of nitrogens with zero attached hydrogens (tertiary/aromatic N) is 5. The summed E-state index contributed by atoms with van der Waals surface area (Å²) >= 11 is 0. The van der Waals surface area contributed by atoms with E-state index in [-0.39, 0.29) is 11.8 Å². The van der Waals surface area contributed by atoms with Crippen molar-refractivity contribution < 1.29 is 19.1 Å². The largest absolute Gasteiger partial charge is 0.377 e. The van der Waals surface area contributed by atoms with E-state index in [4.69, 9.17) is 9.47 Å². The second kappa shape index (κ2) is 9.40. The first-order valence-electron chi connectivity index (χ1n) is 9.63. The molecule has 0 N–H and O–H groups in total. The average Bonchev–Trinajstić information content (AvgIpc) is 2.88. The Hall–Kier alpha value is -2.10. The molecule has 0 aromatic carbocycles. The fraction of sp³-hybridized carbons (Fsp3) is 0.684. The third-order valence-electron chi connectivity index (χ3n) is 5.13. The smallest absolute Gasteiger partial charge is 0.236 e. The Morgan fingerprint density at radius 3 is 2.71 bits per heavy atom. The van der Waals surface area contributed by atoms with Gasteiger partial charge in [0.05, 0.1) is 32.9 Å². The summed E-state index contributed by atoms with van der Waals surface area (Å²) in [6, 6.07) is 0. The number of hydrogen-bond donors (Lipinski definition) is 0. The van der Waals surface area contributed by atoms with Gasteiger partial charge in [0.15, 0.2) is 0 Å². The first-order chi connectivity index (χ1) is 13.5. The molecule has 2 fully saturated rings. The van der Waals surface area contributed by atoms with Crippen LogP contribution in [0, 0.1) is 0 Å². The summed E-state index contributed by atoms with van der Waals surface area (Å²) < 4.78 is 11.9. The minimum atomic E-state index is -0.590. The van der Waals surface area contributed by atoms with Gasteiger partial charge in [0.2, 0.25) is 11.8 Å². The molecule has 0 aliphatic carbocycles. The lowest BCUT2D eigenvalue weighted by Crippen LogP contribution is -2.60. The zero-order valence-corrected chi connectivity index (χ0v) is 16.7. The molecule has 9 heteroatoms. The Kier molecular flexibility index (Phi) is 6.93. The highest BCUT2D eigenvalue weighted by atomic mass is 16.5. The second-order valence-electron chi connectivity index (χ2n) is 7.64. The molecule has 1 spiro atoms. The van der Waals surface area contributed by atoms with Gasteiger partial charge in [-0.15, -0.1) is 0 Å². The van der Waals surface area contributed by atoms with Gasteiger partial charge in [0, 0.05) is 52.5 Å². The minimum absolute atomic E-state index is 0.0471. The summed E-state index contributed by atoms with van der Waals surface area (Å²) in [4.78, 5) is 38.3. The molecule has 2 amide bonds. The zero-order chi connectivity index (χ0) is 20.0. The molecule has 9 nitrogen and oxygen atoms in total. The summed E-state index contributed by atoms with van der Waals surface area (Å²) in [6.07, 6.45) is 5.98. The number of aromatic nitrogens is 2. The lowest BCUT2D eigenvalue weighted by molar-refractivity contribution is -0.162. The number of ether oxygens (including phenoxy) is 2. The molecule has 28 heavy (non-hydrogen) atoms. The number of carbonyl (C=O) groups excluding carboxylic acids is 2. The van der Waals surface area contributed by atoms with Crippen molar-refractivity contribution in [2.45, 2.75) is 18.4 Å². The lowest BCUT2D eigenvalue weighted by atomic mass is 10.0. The quantitative estimate of drug-likeness (QED) is 0.664. The number of hydrogen-bond acceptors (Lipinski definition) is 7. The highest BCUT2D eigenvalue weighted by Crippen LogP contribution is 2.23. The summed E-state index contributed by atoms with van der Waals surface area (Å²) in [5.41, 5.74) is 0.359. The Morgan fingerprint density at radius 2 is 1.96 bits per heavy atom. The number of morpholine rings is 1. The van der Waals surface area contributed by atoms with Crippen LogP contribution in [0.15, 0.2) is 18.7 Å². The first-order valence-corrected chi connectivity index (χ1v) is 9.63. The van der Waals surface area contributed by atoms with Crippen LogP contribution in [0.4, 0.5) is 0 Å². The van der Waals surface area contributed by atoms with Crippen LogP contribution in [0.2, 0.25) is 0 Å². The van der Waals surface area contributed by atoms with E-state index in [0.717, 1.165) is 5.56 Å². The molecule has 2 aliphatic heterocycles. The van der Waals surface area contributed by atoms with Crippen molar-refractivity contribution >= 4 is 11.8 Å². The third-order valence-corrected chi connectivity index (χ3v) is 5.13. The van der Waals surface area contributed by atoms with Crippen molar-refractivity contribution in [1.29, 1.82) is 0 Å². The number of rotatable bonds is 5. The summed E-state index contributed by atoms with van der Waals surface area (Å²) in [7, 11) is 3.50. The highest BCUT2D eigenvalue weighted by Gasteiger charge is 2.41. The second-order valence-corrected chi connectivity index (χ2v) is 7.64. The maximum absolute atomic E-state index is 12.7. The molecule has 0 radical (unpaired) electrons. The molecule has 3 rings (SSSR count). The van der Waals surface area contributed by atoms with E-state index in [9.17, 15) is 9.59 Å². The van der Waals surface area contributed by atoms with Crippen LogP contribution in [0.25, 0.3) is 0 Å². The predicted molar refractivity (Wildman–Crippen MR) is 102 cm³/mol. The van der Waals surface area contributed by atoms with Gasteiger partial charge in [-0.2, -0.15) is 0 Å². The fourth-order valence-electron chi connectivity index (χ4n) is 3.56. The van der Waals surface area contributed by atoms with E-state index in [1.165, 1.54) is 6.33 Å². The number of amides is 2. The SMILES string of the molecule is CN(C)C(=O)CN1CCOCC2(C1)CN(C(=O)CCc1cncnc1)CCO2. The van der Waals surface area contributed by atoms with Crippen molar-refractivity contribution in [3.05, 3.63) is 24.3 Å². The normalized spacial score (nSPS) is 23.4. The topological polar surface area (TPSA) is 88.1 Å². The molecule has 1 unspecified atom stereocenters. The molecule has 0 bridgehead atoms. The van der Waals surface area contributed by atoms with Gasteiger partial charge < -0.3 is 19.3 Å². The van der Waals surface area contributed by atoms with Gasteiger partial charge in [0.25, 0.3) is 0 Å². The number of likely N-dealkylation sites (N-methyl/N-ethyl adjacent to an activating group) is 1. The molecule has 3 heterocycles. The van der Waals surface area contributed by atoms with Gasteiger partial charge in [-0.3, -0.25) is 14.5 Å². The highest BCUT2D eigenvalue weighted by molar-refractivity contribution is 5.78. The minimum Gasteiger partial charge on any atom is -0.377 e. The zero-order valence-electron chi connectivity index (χ0n) is 16.7. The lowest BCUT2D eigenvalue weighted by Gasteiger charge is -2.43. The van der Waals surface area contributed by atoms with Gasteiger partial charge in [-0.25, -0.2) is 9.97 Å². The van der Waals surface area contributed by atoms with Crippen LogP contribution in [0.1, 0.15) is 12.0 Å². The molecule has 1 atom stereocenters.